The number of carbonyl (C=O) groups excluding carboxylic acids is 1. The molecule has 0 aliphatic heterocycles. The summed E-state index contributed by atoms with van der Waals surface area (Å²) in [6, 6.07) is 4.35. The molecule has 5 nitrogen and oxygen atoms in total. The highest BCUT2D eigenvalue weighted by molar-refractivity contribution is 5.94. The molecular weight excluding hydrogens is 311 g/mol. The second kappa shape index (κ2) is 8.59. The van der Waals surface area contributed by atoms with Crippen LogP contribution in [0.3, 0.4) is 0 Å². The molecule has 0 saturated carbocycles. The zero-order chi connectivity index (χ0) is 17.5. The van der Waals surface area contributed by atoms with Crippen LogP contribution in [0.5, 0.6) is 5.75 Å². The molecule has 0 amide bonds. The summed E-state index contributed by atoms with van der Waals surface area (Å²) in [7, 11) is 1.46. The number of nitrogens with zero attached hydrogens (tertiary/aromatic N) is 2. The van der Waals surface area contributed by atoms with Crippen molar-refractivity contribution in [3.05, 3.63) is 35.8 Å². The molecule has 0 spiro atoms. The van der Waals surface area contributed by atoms with Crippen molar-refractivity contribution < 1.29 is 18.7 Å². The number of pyridine rings is 1. The normalized spacial score (nSPS) is 11.0. The van der Waals surface area contributed by atoms with Gasteiger partial charge in [0.05, 0.1) is 24.8 Å². The maximum Gasteiger partial charge on any atom is 0.339 e. The van der Waals surface area contributed by atoms with Gasteiger partial charge in [-0.25, -0.2) is 9.18 Å². The zero-order valence-corrected chi connectivity index (χ0v) is 14.3. The van der Waals surface area contributed by atoms with Crippen molar-refractivity contribution in [1.29, 1.82) is 0 Å². The minimum atomic E-state index is -0.487. The molecule has 0 unspecified atom stereocenters. The van der Waals surface area contributed by atoms with Crippen LogP contribution in [0.15, 0.2) is 24.4 Å². The molecule has 1 aromatic heterocycles. The molecular formula is C18H23FN2O3. The molecule has 0 saturated heterocycles. The van der Waals surface area contributed by atoms with Gasteiger partial charge in [-0.3, -0.25) is 4.98 Å². The van der Waals surface area contributed by atoms with Crippen LogP contribution in [0.25, 0.3) is 10.9 Å². The second-order valence-electron chi connectivity index (χ2n) is 5.42. The first-order valence-corrected chi connectivity index (χ1v) is 8.11. The Kier molecular flexibility index (Phi) is 6.49. The van der Waals surface area contributed by atoms with Gasteiger partial charge in [0.2, 0.25) is 0 Å². The number of hydrogen-bond acceptors (Lipinski definition) is 5. The van der Waals surface area contributed by atoms with Gasteiger partial charge >= 0.3 is 5.97 Å². The molecule has 0 radical (unpaired) electrons. The van der Waals surface area contributed by atoms with Crippen molar-refractivity contribution in [2.24, 2.45) is 0 Å². The maximum absolute atomic E-state index is 14.1. The third kappa shape index (κ3) is 4.41. The fourth-order valence-corrected chi connectivity index (χ4v) is 2.47. The smallest absolute Gasteiger partial charge is 0.339 e. The van der Waals surface area contributed by atoms with Crippen LogP contribution in [-0.4, -0.2) is 49.2 Å². The number of ether oxygens (including phenoxy) is 2. The van der Waals surface area contributed by atoms with Gasteiger partial charge in [0.25, 0.3) is 0 Å². The molecule has 0 fully saturated rings. The summed E-state index contributed by atoms with van der Waals surface area (Å²) in [4.78, 5) is 18.5. The van der Waals surface area contributed by atoms with Crippen LogP contribution in [0, 0.1) is 5.82 Å². The quantitative estimate of drug-likeness (QED) is 0.548. The van der Waals surface area contributed by atoms with Gasteiger partial charge in [-0.1, -0.05) is 13.8 Å². The van der Waals surface area contributed by atoms with Crippen LogP contribution in [-0.2, 0) is 4.74 Å². The van der Waals surface area contributed by atoms with Crippen LogP contribution in [0.2, 0.25) is 0 Å². The Morgan fingerprint density at radius 2 is 2.00 bits per heavy atom. The van der Waals surface area contributed by atoms with Gasteiger partial charge < -0.3 is 14.4 Å². The Morgan fingerprint density at radius 1 is 1.25 bits per heavy atom. The van der Waals surface area contributed by atoms with Gasteiger partial charge in [-0.15, -0.1) is 0 Å². The van der Waals surface area contributed by atoms with Crippen LogP contribution in [0.1, 0.15) is 30.6 Å². The second-order valence-corrected chi connectivity index (χ2v) is 5.42. The average Bonchev–Trinajstić information content (AvgIpc) is 2.61. The first-order valence-electron chi connectivity index (χ1n) is 8.11. The van der Waals surface area contributed by atoms with E-state index in [4.69, 9.17) is 9.47 Å². The SMILES string of the molecule is CCN(CC)CCCOC(=O)c1cnc2cc(OC)cc(F)c2c1. The Bertz CT molecular complexity index is 702. The number of halogens is 1. The number of benzene rings is 1. The highest BCUT2D eigenvalue weighted by Crippen LogP contribution is 2.23. The van der Waals surface area contributed by atoms with E-state index in [2.05, 4.69) is 23.7 Å². The molecule has 2 rings (SSSR count). The predicted octanol–water partition coefficient (Wildman–Crippen LogP) is 3.27. The van der Waals surface area contributed by atoms with E-state index in [0.717, 1.165) is 26.1 Å². The highest BCUT2D eigenvalue weighted by atomic mass is 19.1. The van der Waals surface area contributed by atoms with Gasteiger partial charge in [0.15, 0.2) is 0 Å². The van der Waals surface area contributed by atoms with Crippen molar-refractivity contribution in [2.45, 2.75) is 20.3 Å². The Morgan fingerprint density at radius 3 is 2.67 bits per heavy atom. The number of fused-ring (bicyclic) bond motifs is 1. The summed E-state index contributed by atoms with van der Waals surface area (Å²) in [5.41, 5.74) is 0.680. The molecule has 0 atom stereocenters. The Labute approximate surface area is 141 Å². The third-order valence-electron chi connectivity index (χ3n) is 3.94. The van der Waals surface area contributed by atoms with Crippen molar-refractivity contribution in [3.8, 4) is 5.75 Å². The summed E-state index contributed by atoms with van der Waals surface area (Å²) in [5, 5.41) is 0.272. The number of methoxy groups -OCH3 is 1. The monoisotopic (exact) mass is 334 g/mol. The van der Waals surface area contributed by atoms with Crippen molar-refractivity contribution in [1.82, 2.24) is 9.88 Å². The first-order chi connectivity index (χ1) is 11.6. The molecule has 130 valence electrons. The molecule has 2 aromatic rings. The standard InChI is InChI=1S/C18H23FN2O3/c1-4-21(5-2)7-6-8-24-18(22)13-9-15-16(19)10-14(23-3)11-17(15)20-12-13/h9-12H,4-8H2,1-3H3. The first kappa shape index (κ1) is 18.1. The maximum atomic E-state index is 14.1. The fraction of sp³-hybridized carbons (Fsp3) is 0.444. The fourth-order valence-electron chi connectivity index (χ4n) is 2.47. The lowest BCUT2D eigenvalue weighted by Gasteiger charge is -2.17. The lowest BCUT2D eigenvalue weighted by molar-refractivity contribution is 0.0489. The van der Waals surface area contributed by atoms with E-state index in [1.807, 2.05) is 0 Å². The molecule has 1 heterocycles. The Hall–Kier alpha value is -2.21. The summed E-state index contributed by atoms with van der Waals surface area (Å²) in [6.07, 6.45) is 2.16. The van der Waals surface area contributed by atoms with Gasteiger partial charge in [-0.05, 0) is 25.6 Å². The van der Waals surface area contributed by atoms with E-state index in [1.165, 1.54) is 25.4 Å². The van der Waals surface area contributed by atoms with Crippen molar-refractivity contribution >= 4 is 16.9 Å². The molecule has 0 aliphatic carbocycles. The largest absolute Gasteiger partial charge is 0.497 e. The lowest BCUT2D eigenvalue weighted by atomic mass is 10.1. The van der Waals surface area contributed by atoms with E-state index >= 15 is 0 Å². The molecule has 0 aliphatic rings. The topological polar surface area (TPSA) is 51.7 Å². The minimum absolute atomic E-state index is 0.245. The van der Waals surface area contributed by atoms with Crippen molar-refractivity contribution in [2.75, 3.05) is 33.4 Å². The van der Waals surface area contributed by atoms with Gasteiger partial charge in [0, 0.05) is 30.3 Å². The molecule has 6 heteroatoms. The lowest BCUT2D eigenvalue weighted by Crippen LogP contribution is -2.25. The van der Waals surface area contributed by atoms with E-state index in [9.17, 15) is 9.18 Å². The summed E-state index contributed by atoms with van der Waals surface area (Å²) < 4.78 is 24.3. The van der Waals surface area contributed by atoms with E-state index in [-0.39, 0.29) is 10.9 Å². The summed E-state index contributed by atoms with van der Waals surface area (Å²) in [6.45, 7) is 7.35. The van der Waals surface area contributed by atoms with Crippen LogP contribution < -0.4 is 4.74 Å². The number of aromatic nitrogens is 1. The number of esters is 1. The van der Waals surface area contributed by atoms with Gasteiger partial charge in [-0.2, -0.15) is 0 Å². The predicted molar refractivity (Wildman–Crippen MR) is 90.9 cm³/mol. The molecule has 0 N–H and O–H groups in total. The zero-order valence-electron chi connectivity index (χ0n) is 14.3. The van der Waals surface area contributed by atoms with Crippen LogP contribution in [0.4, 0.5) is 4.39 Å². The third-order valence-corrected chi connectivity index (χ3v) is 3.94. The van der Waals surface area contributed by atoms with E-state index < -0.39 is 11.8 Å². The number of hydrogen-bond donors (Lipinski definition) is 0. The minimum Gasteiger partial charge on any atom is -0.497 e. The van der Waals surface area contributed by atoms with Gasteiger partial charge in [0.1, 0.15) is 11.6 Å². The average molecular weight is 334 g/mol. The van der Waals surface area contributed by atoms with Crippen molar-refractivity contribution in [3.63, 3.8) is 0 Å². The summed E-state index contributed by atoms with van der Waals surface area (Å²) >= 11 is 0. The number of carbonyl (C=O) groups is 1. The molecule has 1 aromatic carbocycles. The summed E-state index contributed by atoms with van der Waals surface area (Å²) in [5.74, 6) is -0.577. The van der Waals surface area contributed by atoms with E-state index in [0.29, 0.717) is 17.9 Å². The molecule has 0 bridgehead atoms. The van der Waals surface area contributed by atoms with E-state index in [1.54, 1.807) is 6.07 Å². The highest BCUT2D eigenvalue weighted by Gasteiger charge is 2.12. The number of rotatable bonds is 8. The van der Waals surface area contributed by atoms with Crippen LogP contribution >= 0.6 is 0 Å². The Balaban J connectivity index is 2.01. The molecule has 24 heavy (non-hydrogen) atoms.